The minimum Gasteiger partial charge on any atom is -0.379 e. The summed E-state index contributed by atoms with van der Waals surface area (Å²) >= 11 is 6.11. The van der Waals surface area contributed by atoms with Crippen LogP contribution in [0.25, 0.3) is 0 Å². The van der Waals surface area contributed by atoms with Crippen molar-refractivity contribution in [2.45, 2.75) is 18.0 Å². The molecule has 0 aromatic heterocycles. The highest BCUT2D eigenvalue weighted by Crippen LogP contribution is 2.26. The summed E-state index contributed by atoms with van der Waals surface area (Å²) in [5.74, 6) is -0.415. The van der Waals surface area contributed by atoms with Gasteiger partial charge in [-0.25, -0.2) is 8.42 Å². The molecule has 7 nitrogen and oxygen atoms in total. The number of anilines is 1. The molecule has 1 N–H and O–H groups in total. The zero-order chi connectivity index (χ0) is 24.7. The third-order valence-corrected chi connectivity index (χ3v) is 7.76. The molecule has 3 aromatic rings. The van der Waals surface area contributed by atoms with Crippen LogP contribution in [0.2, 0.25) is 5.02 Å². The summed E-state index contributed by atoms with van der Waals surface area (Å²) < 4.78 is 33.2. The maximum absolute atomic E-state index is 13.3. The highest BCUT2D eigenvalue weighted by molar-refractivity contribution is 7.92. The second-order valence-corrected chi connectivity index (χ2v) is 10.6. The molecular formula is C26H28ClN3O4S. The van der Waals surface area contributed by atoms with Crippen LogP contribution in [0.15, 0.2) is 83.8 Å². The summed E-state index contributed by atoms with van der Waals surface area (Å²) in [6.45, 7) is 4.16. The van der Waals surface area contributed by atoms with Gasteiger partial charge in [-0.2, -0.15) is 0 Å². The molecule has 0 spiro atoms. The van der Waals surface area contributed by atoms with Crippen molar-refractivity contribution in [3.63, 3.8) is 0 Å². The van der Waals surface area contributed by atoms with Crippen molar-refractivity contribution in [2.24, 2.45) is 0 Å². The maximum atomic E-state index is 13.3. The van der Waals surface area contributed by atoms with E-state index in [1.807, 2.05) is 12.1 Å². The maximum Gasteiger partial charge on any atom is 0.264 e. The SMILES string of the molecule is O=C(CN(c1cccc(Cl)c1)S(=O)(=O)c1ccccc1)NCc1ccc(CN2CCOCC2)cc1. The Morgan fingerprint density at radius 3 is 2.31 bits per heavy atom. The van der Waals surface area contributed by atoms with Crippen LogP contribution in [0.5, 0.6) is 0 Å². The lowest BCUT2D eigenvalue weighted by Gasteiger charge is -2.26. The topological polar surface area (TPSA) is 79.0 Å². The summed E-state index contributed by atoms with van der Waals surface area (Å²) in [6, 6.07) is 22.5. The van der Waals surface area contributed by atoms with Gasteiger partial charge in [-0.1, -0.05) is 60.1 Å². The summed E-state index contributed by atoms with van der Waals surface area (Å²) in [4.78, 5) is 15.3. The van der Waals surface area contributed by atoms with Crippen LogP contribution >= 0.6 is 11.6 Å². The van der Waals surface area contributed by atoms with E-state index in [4.69, 9.17) is 16.3 Å². The van der Waals surface area contributed by atoms with E-state index in [1.165, 1.54) is 23.8 Å². The molecule has 0 saturated carbocycles. The van der Waals surface area contributed by atoms with Gasteiger partial charge in [0.05, 0.1) is 23.8 Å². The number of halogens is 1. The molecule has 3 aromatic carbocycles. The van der Waals surface area contributed by atoms with Crippen molar-refractivity contribution in [3.8, 4) is 0 Å². The first kappa shape index (κ1) is 25.2. The summed E-state index contributed by atoms with van der Waals surface area (Å²) in [6.07, 6.45) is 0. The average molecular weight is 514 g/mol. The van der Waals surface area contributed by atoms with Gasteiger partial charge in [0.25, 0.3) is 10.0 Å². The molecule has 1 aliphatic heterocycles. The number of hydrogen-bond acceptors (Lipinski definition) is 5. The average Bonchev–Trinajstić information content (AvgIpc) is 2.88. The zero-order valence-electron chi connectivity index (χ0n) is 19.3. The third-order valence-electron chi connectivity index (χ3n) is 5.74. The zero-order valence-corrected chi connectivity index (χ0v) is 20.8. The normalized spacial score (nSPS) is 14.4. The Morgan fingerprint density at radius 1 is 0.943 bits per heavy atom. The minimum atomic E-state index is -3.97. The predicted octanol–water partition coefficient (Wildman–Crippen LogP) is 3.68. The third kappa shape index (κ3) is 6.82. The van der Waals surface area contributed by atoms with Crippen molar-refractivity contribution in [3.05, 3.63) is 95.0 Å². The molecule has 0 atom stereocenters. The van der Waals surface area contributed by atoms with E-state index in [1.54, 1.807) is 36.4 Å². The Balaban J connectivity index is 1.42. The lowest BCUT2D eigenvalue weighted by atomic mass is 10.1. The van der Waals surface area contributed by atoms with E-state index in [9.17, 15) is 13.2 Å². The van der Waals surface area contributed by atoms with Gasteiger partial charge in [-0.15, -0.1) is 0 Å². The van der Waals surface area contributed by atoms with Crippen LogP contribution in [0, 0.1) is 0 Å². The lowest BCUT2D eigenvalue weighted by molar-refractivity contribution is -0.119. The molecule has 1 amide bonds. The molecule has 1 heterocycles. The number of carbonyl (C=O) groups excluding carboxylic acids is 1. The van der Waals surface area contributed by atoms with Crippen LogP contribution in [-0.2, 0) is 32.6 Å². The number of carbonyl (C=O) groups is 1. The van der Waals surface area contributed by atoms with Crippen LogP contribution in [0.4, 0.5) is 5.69 Å². The molecule has 9 heteroatoms. The first-order valence-electron chi connectivity index (χ1n) is 11.4. The molecule has 0 bridgehead atoms. The standard InChI is InChI=1S/C26H28ClN3O4S/c27-23-5-4-6-24(17-23)30(35(32,33)25-7-2-1-3-8-25)20-26(31)28-18-21-9-11-22(12-10-21)19-29-13-15-34-16-14-29/h1-12,17H,13-16,18-20H2,(H,28,31). The summed E-state index contributed by atoms with van der Waals surface area (Å²) in [5.41, 5.74) is 2.45. The number of nitrogens with one attached hydrogen (secondary N) is 1. The number of nitrogens with zero attached hydrogens (tertiary/aromatic N) is 2. The number of sulfonamides is 1. The molecule has 1 aliphatic rings. The Morgan fingerprint density at radius 2 is 1.63 bits per heavy atom. The van der Waals surface area contributed by atoms with E-state index in [-0.39, 0.29) is 11.4 Å². The summed E-state index contributed by atoms with van der Waals surface area (Å²) in [7, 11) is -3.97. The Labute approximate surface area is 211 Å². The Kier molecular flexibility index (Phi) is 8.41. The van der Waals surface area contributed by atoms with E-state index in [0.29, 0.717) is 17.3 Å². The van der Waals surface area contributed by atoms with Gasteiger partial charge in [0.15, 0.2) is 0 Å². The van der Waals surface area contributed by atoms with Gasteiger partial charge in [0.2, 0.25) is 5.91 Å². The molecule has 1 saturated heterocycles. The van der Waals surface area contributed by atoms with Crippen LogP contribution in [0.1, 0.15) is 11.1 Å². The fourth-order valence-electron chi connectivity index (χ4n) is 3.83. The highest BCUT2D eigenvalue weighted by Gasteiger charge is 2.27. The Hall–Kier alpha value is -2.91. The fraction of sp³-hybridized carbons (Fsp3) is 0.269. The minimum absolute atomic E-state index is 0.101. The number of morpholine rings is 1. The first-order valence-corrected chi connectivity index (χ1v) is 13.2. The van der Waals surface area contributed by atoms with Crippen molar-refractivity contribution >= 4 is 33.2 Å². The Bertz CT molecular complexity index is 1230. The second kappa shape index (κ2) is 11.7. The van der Waals surface area contributed by atoms with Gasteiger partial charge in [-0.05, 0) is 41.5 Å². The molecular weight excluding hydrogens is 486 g/mol. The largest absolute Gasteiger partial charge is 0.379 e. The number of ether oxygens (including phenoxy) is 1. The fourth-order valence-corrected chi connectivity index (χ4v) is 5.45. The quantitative estimate of drug-likeness (QED) is 0.472. The molecule has 184 valence electrons. The van der Waals surface area contributed by atoms with E-state index in [0.717, 1.165) is 42.7 Å². The van der Waals surface area contributed by atoms with Gasteiger partial charge in [0, 0.05) is 31.2 Å². The number of hydrogen-bond donors (Lipinski definition) is 1. The first-order chi connectivity index (χ1) is 16.9. The molecule has 1 fully saturated rings. The van der Waals surface area contributed by atoms with Crippen molar-refractivity contribution < 1.29 is 17.9 Å². The smallest absolute Gasteiger partial charge is 0.264 e. The van der Waals surface area contributed by atoms with E-state index < -0.39 is 15.9 Å². The predicted molar refractivity (Wildman–Crippen MR) is 137 cm³/mol. The van der Waals surface area contributed by atoms with Gasteiger partial charge >= 0.3 is 0 Å². The molecule has 35 heavy (non-hydrogen) atoms. The number of rotatable bonds is 9. The van der Waals surface area contributed by atoms with Crippen molar-refractivity contribution in [1.82, 2.24) is 10.2 Å². The lowest BCUT2D eigenvalue weighted by Crippen LogP contribution is -2.40. The van der Waals surface area contributed by atoms with Gasteiger partial charge < -0.3 is 10.1 Å². The molecule has 0 aliphatic carbocycles. The summed E-state index contributed by atoms with van der Waals surface area (Å²) in [5, 5.41) is 3.22. The molecule has 0 radical (unpaired) electrons. The number of amides is 1. The van der Waals surface area contributed by atoms with Gasteiger partial charge in [-0.3, -0.25) is 14.0 Å². The van der Waals surface area contributed by atoms with E-state index >= 15 is 0 Å². The van der Waals surface area contributed by atoms with Crippen LogP contribution in [-0.4, -0.2) is 52.1 Å². The van der Waals surface area contributed by atoms with E-state index in [2.05, 4.69) is 22.3 Å². The number of benzene rings is 3. The van der Waals surface area contributed by atoms with Crippen molar-refractivity contribution in [1.29, 1.82) is 0 Å². The molecule has 4 rings (SSSR count). The van der Waals surface area contributed by atoms with Crippen LogP contribution < -0.4 is 9.62 Å². The monoisotopic (exact) mass is 513 g/mol. The molecule has 0 unspecified atom stereocenters. The highest BCUT2D eigenvalue weighted by atomic mass is 35.5. The van der Waals surface area contributed by atoms with Crippen LogP contribution in [0.3, 0.4) is 0 Å². The van der Waals surface area contributed by atoms with Crippen molar-refractivity contribution in [2.75, 3.05) is 37.2 Å². The second-order valence-electron chi connectivity index (χ2n) is 8.29. The van der Waals surface area contributed by atoms with Gasteiger partial charge in [0.1, 0.15) is 6.54 Å².